The van der Waals surface area contributed by atoms with Gasteiger partial charge in [0.05, 0.1) is 18.4 Å². The number of rotatable bonds is 5. The molecule has 4 rings (SSSR count). The Morgan fingerprint density at radius 3 is 2.79 bits per heavy atom. The molecule has 1 aromatic carbocycles. The smallest absolute Gasteiger partial charge is 0.258 e. The van der Waals surface area contributed by atoms with Crippen LogP contribution in [-0.2, 0) is 18.4 Å². The van der Waals surface area contributed by atoms with Crippen LogP contribution in [0.15, 0.2) is 40.8 Å². The predicted molar refractivity (Wildman–Crippen MR) is 116 cm³/mol. The summed E-state index contributed by atoms with van der Waals surface area (Å²) in [5.41, 5.74) is 4.21. The van der Waals surface area contributed by atoms with Crippen molar-refractivity contribution in [3.05, 3.63) is 52.3 Å². The van der Waals surface area contributed by atoms with Crippen molar-refractivity contribution in [1.29, 1.82) is 0 Å². The fourth-order valence-corrected chi connectivity index (χ4v) is 5.65. The fourth-order valence-electron chi connectivity index (χ4n) is 4.92. The van der Waals surface area contributed by atoms with E-state index in [1.165, 1.54) is 24.8 Å². The van der Waals surface area contributed by atoms with Crippen LogP contribution in [0.2, 0.25) is 0 Å². The molecule has 0 amide bonds. The van der Waals surface area contributed by atoms with Crippen LogP contribution < -0.4 is 10.3 Å². The van der Waals surface area contributed by atoms with Gasteiger partial charge in [0.1, 0.15) is 5.75 Å². The average Bonchev–Trinajstić information content (AvgIpc) is 2.71. The maximum absolute atomic E-state index is 13.7. The molecule has 0 saturated heterocycles. The summed E-state index contributed by atoms with van der Waals surface area (Å²) in [5, 5.41) is 0.792. The van der Waals surface area contributed by atoms with Crippen molar-refractivity contribution in [2.45, 2.75) is 62.6 Å². The second-order valence-corrected chi connectivity index (χ2v) is 9.03. The maximum atomic E-state index is 13.7. The highest BCUT2D eigenvalue weighted by molar-refractivity contribution is 7.99. The van der Waals surface area contributed by atoms with Gasteiger partial charge in [-0.15, -0.1) is 6.58 Å². The van der Waals surface area contributed by atoms with Crippen LogP contribution in [0.3, 0.4) is 0 Å². The zero-order chi connectivity index (χ0) is 19.7. The minimum atomic E-state index is -0.102. The molecule has 0 atom stereocenters. The number of hydrogen-bond donors (Lipinski definition) is 0. The summed E-state index contributed by atoms with van der Waals surface area (Å²) in [6.45, 7) is 6.46. The van der Waals surface area contributed by atoms with Crippen molar-refractivity contribution in [2.75, 3.05) is 12.9 Å². The molecule has 2 aliphatic rings. The van der Waals surface area contributed by atoms with E-state index in [-0.39, 0.29) is 11.0 Å². The lowest BCUT2D eigenvalue weighted by molar-refractivity contribution is 0.282. The molecule has 2 aliphatic carbocycles. The Morgan fingerprint density at radius 2 is 2.11 bits per heavy atom. The molecule has 1 heterocycles. The second kappa shape index (κ2) is 7.78. The highest BCUT2D eigenvalue weighted by Gasteiger charge is 2.43. The van der Waals surface area contributed by atoms with Gasteiger partial charge < -0.3 is 4.74 Å². The standard InChI is InChI=1S/C23H28N2O2S/c1-4-13-25-21(26)19-20(24-22(25)28-5-2)18-10-9-17(27-3)14-16(18)15-23(19)11-7-6-8-12-23/h4,9-10,14H,1,5-8,11-13,15H2,2-3H3. The Morgan fingerprint density at radius 1 is 1.32 bits per heavy atom. The molecule has 2 aromatic rings. The lowest BCUT2D eigenvalue weighted by atomic mass is 9.62. The molecular weight excluding hydrogens is 368 g/mol. The third-order valence-corrected chi connectivity index (χ3v) is 7.02. The number of aromatic nitrogens is 2. The van der Waals surface area contributed by atoms with Gasteiger partial charge in [0, 0.05) is 17.5 Å². The first-order valence-electron chi connectivity index (χ1n) is 10.2. The van der Waals surface area contributed by atoms with Crippen molar-refractivity contribution >= 4 is 11.8 Å². The summed E-state index contributed by atoms with van der Waals surface area (Å²) in [4.78, 5) is 18.8. The van der Waals surface area contributed by atoms with Crippen molar-refractivity contribution < 1.29 is 4.74 Å². The minimum absolute atomic E-state index is 0.102. The lowest BCUT2D eigenvalue weighted by Crippen LogP contribution is -2.43. The summed E-state index contributed by atoms with van der Waals surface area (Å²) in [5.74, 6) is 1.75. The SMILES string of the molecule is C=CCn1c(SCC)nc2c(c1=O)C1(CCCCC1)Cc1cc(OC)ccc1-2. The van der Waals surface area contributed by atoms with Gasteiger partial charge in [-0.2, -0.15) is 0 Å². The fraction of sp³-hybridized carbons (Fsp3) is 0.478. The van der Waals surface area contributed by atoms with E-state index in [4.69, 9.17) is 9.72 Å². The third kappa shape index (κ3) is 3.10. The van der Waals surface area contributed by atoms with E-state index in [1.54, 1.807) is 24.9 Å². The molecule has 1 aromatic heterocycles. The first kappa shape index (κ1) is 19.3. The lowest BCUT2D eigenvalue weighted by Gasteiger charge is -2.42. The summed E-state index contributed by atoms with van der Waals surface area (Å²) in [6, 6.07) is 6.19. The van der Waals surface area contributed by atoms with Crippen molar-refractivity contribution in [1.82, 2.24) is 9.55 Å². The molecule has 0 bridgehead atoms. The first-order chi connectivity index (χ1) is 13.6. The molecule has 1 fully saturated rings. The largest absolute Gasteiger partial charge is 0.497 e. The van der Waals surface area contributed by atoms with Crippen LogP contribution in [0.25, 0.3) is 11.3 Å². The van der Waals surface area contributed by atoms with Crippen LogP contribution >= 0.6 is 11.8 Å². The maximum Gasteiger partial charge on any atom is 0.258 e. The van der Waals surface area contributed by atoms with Crippen LogP contribution in [-0.4, -0.2) is 22.4 Å². The van der Waals surface area contributed by atoms with E-state index in [0.29, 0.717) is 6.54 Å². The van der Waals surface area contributed by atoms with E-state index >= 15 is 0 Å². The Bertz CT molecular complexity index is 958. The Hall–Kier alpha value is -2.01. The van der Waals surface area contributed by atoms with Gasteiger partial charge in [-0.3, -0.25) is 9.36 Å². The van der Waals surface area contributed by atoms with E-state index < -0.39 is 0 Å². The topological polar surface area (TPSA) is 44.1 Å². The van der Waals surface area contributed by atoms with Crippen molar-refractivity contribution in [2.24, 2.45) is 0 Å². The third-order valence-electron chi connectivity index (χ3n) is 6.16. The molecule has 0 unspecified atom stereocenters. The van der Waals surface area contributed by atoms with Gasteiger partial charge in [-0.05, 0) is 48.8 Å². The van der Waals surface area contributed by atoms with Crippen LogP contribution in [0.5, 0.6) is 5.75 Å². The number of benzene rings is 1. The zero-order valence-corrected chi connectivity index (χ0v) is 17.6. The predicted octanol–water partition coefficient (Wildman–Crippen LogP) is 4.97. The molecule has 4 nitrogen and oxygen atoms in total. The molecular formula is C23H28N2O2S. The van der Waals surface area contributed by atoms with Crippen LogP contribution in [0, 0.1) is 0 Å². The Kier molecular flexibility index (Phi) is 5.37. The van der Waals surface area contributed by atoms with Gasteiger partial charge in [-0.25, -0.2) is 4.98 Å². The minimum Gasteiger partial charge on any atom is -0.497 e. The number of allylic oxidation sites excluding steroid dienone is 1. The molecule has 1 spiro atoms. The van der Waals surface area contributed by atoms with Crippen molar-refractivity contribution in [3.8, 4) is 17.0 Å². The Balaban J connectivity index is 2.02. The summed E-state index contributed by atoms with van der Waals surface area (Å²) in [6.07, 6.45) is 8.41. The quantitative estimate of drug-likeness (QED) is 0.406. The highest BCUT2D eigenvalue weighted by Crippen LogP contribution is 2.49. The van der Waals surface area contributed by atoms with E-state index in [1.807, 2.05) is 10.6 Å². The monoisotopic (exact) mass is 396 g/mol. The van der Waals surface area contributed by atoms with Gasteiger partial charge in [-0.1, -0.05) is 44.0 Å². The van der Waals surface area contributed by atoms with Gasteiger partial charge in [0.2, 0.25) is 0 Å². The molecule has 148 valence electrons. The van der Waals surface area contributed by atoms with Crippen molar-refractivity contribution in [3.63, 3.8) is 0 Å². The number of methoxy groups -OCH3 is 1. The number of ether oxygens (including phenoxy) is 1. The molecule has 0 aliphatic heterocycles. The molecule has 28 heavy (non-hydrogen) atoms. The molecule has 1 saturated carbocycles. The van der Waals surface area contributed by atoms with Crippen LogP contribution in [0.1, 0.15) is 50.2 Å². The van der Waals surface area contributed by atoms with Gasteiger partial charge in [0.25, 0.3) is 5.56 Å². The van der Waals surface area contributed by atoms with Gasteiger partial charge >= 0.3 is 0 Å². The van der Waals surface area contributed by atoms with E-state index in [0.717, 1.165) is 52.7 Å². The number of fused-ring (bicyclic) bond motifs is 4. The summed E-state index contributed by atoms with van der Waals surface area (Å²) < 4.78 is 7.30. The Labute approximate surface area is 171 Å². The number of nitrogens with zero attached hydrogens (tertiary/aromatic N) is 2. The summed E-state index contributed by atoms with van der Waals surface area (Å²) in [7, 11) is 1.71. The second-order valence-electron chi connectivity index (χ2n) is 7.80. The molecule has 5 heteroatoms. The average molecular weight is 397 g/mol. The first-order valence-corrected chi connectivity index (χ1v) is 11.2. The highest BCUT2D eigenvalue weighted by atomic mass is 32.2. The zero-order valence-electron chi connectivity index (χ0n) is 16.8. The van der Waals surface area contributed by atoms with Gasteiger partial charge in [0.15, 0.2) is 5.16 Å². The summed E-state index contributed by atoms with van der Waals surface area (Å²) >= 11 is 1.63. The normalized spacial score (nSPS) is 17.1. The van der Waals surface area contributed by atoms with E-state index in [2.05, 4.69) is 25.6 Å². The number of thioether (sulfide) groups is 1. The molecule has 0 radical (unpaired) electrons. The number of hydrogen-bond acceptors (Lipinski definition) is 4. The van der Waals surface area contributed by atoms with Crippen LogP contribution in [0.4, 0.5) is 0 Å². The van der Waals surface area contributed by atoms with E-state index in [9.17, 15) is 4.79 Å². The molecule has 0 N–H and O–H groups in total.